The predicted molar refractivity (Wildman–Crippen MR) is 72.0 cm³/mol. The molecular weight excluding hydrogens is 250 g/mol. The second kappa shape index (κ2) is 5.26. The van der Waals surface area contributed by atoms with E-state index < -0.39 is 10.0 Å². The van der Waals surface area contributed by atoms with E-state index in [0.717, 1.165) is 25.9 Å². The first kappa shape index (κ1) is 13.3. The molecule has 1 fully saturated rings. The van der Waals surface area contributed by atoms with Gasteiger partial charge in [0, 0.05) is 12.6 Å². The first-order valence-electron chi connectivity index (χ1n) is 6.04. The van der Waals surface area contributed by atoms with E-state index in [-0.39, 0.29) is 10.9 Å². The molecule has 5 nitrogen and oxygen atoms in total. The van der Waals surface area contributed by atoms with Crippen LogP contribution in [0.5, 0.6) is 0 Å². The summed E-state index contributed by atoms with van der Waals surface area (Å²) in [5.41, 5.74) is 0.598. The molecule has 1 aliphatic rings. The number of sulfonamides is 1. The maximum absolute atomic E-state index is 11.5. The van der Waals surface area contributed by atoms with Gasteiger partial charge in [-0.1, -0.05) is 12.1 Å². The molecular formula is C12H19N3O2S. The fourth-order valence-corrected chi connectivity index (χ4v) is 3.04. The summed E-state index contributed by atoms with van der Waals surface area (Å²) in [6, 6.07) is 7.05. The van der Waals surface area contributed by atoms with Crippen molar-refractivity contribution in [2.45, 2.75) is 23.8 Å². The average molecular weight is 269 g/mol. The number of nitrogens with zero attached hydrogens (tertiary/aromatic N) is 1. The molecule has 0 bridgehead atoms. The van der Waals surface area contributed by atoms with Crippen LogP contribution in [0.15, 0.2) is 29.2 Å². The number of nitrogens with two attached hydrogens (primary N) is 1. The van der Waals surface area contributed by atoms with Gasteiger partial charge in [0.05, 0.1) is 5.69 Å². The second-order valence-electron chi connectivity index (χ2n) is 4.79. The fourth-order valence-electron chi connectivity index (χ4n) is 2.34. The smallest absolute Gasteiger partial charge is 0.240 e. The number of para-hydroxylation sites is 1. The number of anilines is 1. The zero-order valence-electron chi connectivity index (χ0n) is 10.5. The van der Waals surface area contributed by atoms with Gasteiger partial charge in [0.15, 0.2) is 0 Å². The molecule has 0 aromatic heterocycles. The van der Waals surface area contributed by atoms with Crippen molar-refractivity contribution < 1.29 is 8.42 Å². The van der Waals surface area contributed by atoms with Crippen LogP contribution >= 0.6 is 0 Å². The van der Waals surface area contributed by atoms with Crippen molar-refractivity contribution in [3.8, 4) is 0 Å². The third-order valence-corrected chi connectivity index (χ3v) is 4.15. The lowest BCUT2D eigenvalue weighted by Gasteiger charge is -2.31. The van der Waals surface area contributed by atoms with Gasteiger partial charge in [0.25, 0.3) is 0 Å². The Kier molecular flexibility index (Phi) is 3.89. The van der Waals surface area contributed by atoms with Crippen molar-refractivity contribution in [3.05, 3.63) is 24.3 Å². The van der Waals surface area contributed by atoms with Crippen LogP contribution in [0, 0.1) is 0 Å². The van der Waals surface area contributed by atoms with Crippen molar-refractivity contribution in [3.63, 3.8) is 0 Å². The standard InChI is InChI=1S/C12H19N3O2S/c1-15-8-4-5-10(9-15)14-11-6-2-3-7-12(11)18(13,16)17/h2-3,6-7,10,14H,4-5,8-9H2,1H3,(H2,13,16,17). The summed E-state index contributed by atoms with van der Waals surface area (Å²) in [7, 11) is -1.61. The maximum Gasteiger partial charge on any atom is 0.240 e. The van der Waals surface area contributed by atoms with E-state index in [4.69, 9.17) is 5.14 Å². The highest BCUT2D eigenvalue weighted by Gasteiger charge is 2.20. The summed E-state index contributed by atoms with van der Waals surface area (Å²) in [4.78, 5) is 2.40. The van der Waals surface area contributed by atoms with Crippen molar-refractivity contribution in [2.75, 3.05) is 25.5 Å². The van der Waals surface area contributed by atoms with Gasteiger partial charge >= 0.3 is 0 Å². The monoisotopic (exact) mass is 269 g/mol. The number of likely N-dealkylation sites (tertiary alicyclic amines) is 1. The molecule has 0 aliphatic carbocycles. The van der Waals surface area contributed by atoms with E-state index in [1.54, 1.807) is 12.1 Å². The molecule has 1 aliphatic heterocycles. The Morgan fingerprint density at radius 3 is 2.78 bits per heavy atom. The van der Waals surface area contributed by atoms with Gasteiger partial charge in [0.1, 0.15) is 4.90 Å². The van der Waals surface area contributed by atoms with Crippen LogP contribution in [0.3, 0.4) is 0 Å². The van der Waals surface area contributed by atoms with Gasteiger partial charge in [-0.25, -0.2) is 13.6 Å². The summed E-state index contributed by atoms with van der Waals surface area (Å²) in [6.45, 7) is 2.01. The van der Waals surface area contributed by atoms with Crippen LogP contribution in [0.1, 0.15) is 12.8 Å². The Balaban J connectivity index is 2.19. The number of hydrogen-bond donors (Lipinski definition) is 2. The van der Waals surface area contributed by atoms with E-state index in [1.807, 2.05) is 6.07 Å². The molecule has 18 heavy (non-hydrogen) atoms. The summed E-state index contributed by atoms with van der Waals surface area (Å²) >= 11 is 0. The van der Waals surface area contributed by atoms with Crippen molar-refractivity contribution in [1.82, 2.24) is 4.90 Å². The normalized spacial score (nSPS) is 21.8. The summed E-state index contributed by atoms with van der Waals surface area (Å²) in [6.07, 6.45) is 2.16. The Labute approximate surface area is 108 Å². The molecule has 1 saturated heterocycles. The molecule has 0 amide bonds. The number of piperidine rings is 1. The summed E-state index contributed by atoms with van der Waals surface area (Å²) < 4.78 is 23.0. The molecule has 0 radical (unpaired) electrons. The third-order valence-electron chi connectivity index (χ3n) is 3.18. The largest absolute Gasteiger partial charge is 0.380 e. The van der Waals surface area contributed by atoms with Crippen LogP contribution in [-0.4, -0.2) is 39.5 Å². The number of rotatable bonds is 3. The van der Waals surface area contributed by atoms with Crippen molar-refractivity contribution >= 4 is 15.7 Å². The lowest BCUT2D eigenvalue weighted by molar-refractivity contribution is 0.261. The van der Waals surface area contributed by atoms with Crippen LogP contribution in [-0.2, 0) is 10.0 Å². The SMILES string of the molecule is CN1CCCC(Nc2ccccc2S(N)(=O)=O)C1. The molecule has 1 aromatic carbocycles. The van der Waals surface area contributed by atoms with E-state index in [9.17, 15) is 8.42 Å². The Morgan fingerprint density at radius 1 is 1.39 bits per heavy atom. The molecule has 6 heteroatoms. The molecule has 0 saturated carbocycles. The van der Waals surface area contributed by atoms with E-state index in [1.165, 1.54) is 6.07 Å². The van der Waals surface area contributed by atoms with E-state index in [0.29, 0.717) is 5.69 Å². The number of benzene rings is 1. The number of hydrogen-bond acceptors (Lipinski definition) is 4. The van der Waals surface area contributed by atoms with Crippen LogP contribution < -0.4 is 10.5 Å². The van der Waals surface area contributed by atoms with Crippen molar-refractivity contribution in [2.24, 2.45) is 5.14 Å². The van der Waals surface area contributed by atoms with Gasteiger partial charge in [-0.3, -0.25) is 0 Å². The lowest BCUT2D eigenvalue weighted by Crippen LogP contribution is -2.40. The zero-order valence-corrected chi connectivity index (χ0v) is 11.3. The minimum atomic E-state index is -3.67. The van der Waals surface area contributed by atoms with Crippen LogP contribution in [0.2, 0.25) is 0 Å². The zero-order chi connectivity index (χ0) is 13.2. The molecule has 1 atom stereocenters. The van der Waals surface area contributed by atoms with Gasteiger partial charge in [0.2, 0.25) is 10.0 Å². The summed E-state index contributed by atoms with van der Waals surface area (Å²) in [5.74, 6) is 0. The molecule has 1 aromatic rings. The third kappa shape index (κ3) is 3.22. The van der Waals surface area contributed by atoms with Gasteiger partial charge in [-0.2, -0.15) is 0 Å². The molecule has 100 valence electrons. The number of primary sulfonamides is 1. The van der Waals surface area contributed by atoms with E-state index in [2.05, 4.69) is 17.3 Å². The topological polar surface area (TPSA) is 75.4 Å². The first-order chi connectivity index (χ1) is 8.47. The summed E-state index contributed by atoms with van der Waals surface area (Å²) in [5, 5.41) is 8.50. The maximum atomic E-state index is 11.5. The molecule has 2 rings (SSSR count). The lowest BCUT2D eigenvalue weighted by atomic mass is 10.1. The number of nitrogens with one attached hydrogen (secondary N) is 1. The molecule has 1 unspecified atom stereocenters. The van der Waals surface area contributed by atoms with Crippen LogP contribution in [0.25, 0.3) is 0 Å². The first-order valence-corrected chi connectivity index (χ1v) is 7.58. The predicted octanol–water partition coefficient (Wildman–Crippen LogP) is 0.840. The van der Waals surface area contributed by atoms with E-state index >= 15 is 0 Å². The molecule has 3 N–H and O–H groups in total. The Hall–Kier alpha value is -1.11. The average Bonchev–Trinajstić information content (AvgIpc) is 2.28. The highest BCUT2D eigenvalue weighted by atomic mass is 32.2. The van der Waals surface area contributed by atoms with Gasteiger partial charge in [-0.15, -0.1) is 0 Å². The van der Waals surface area contributed by atoms with Crippen LogP contribution in [0.4, 0.5) is 5.69 Å². The highest BCUT2D eigenvalue weighted by Crippen LogP contribution is 2.22. The van der Waals surface area contributed by atoms with Gasteiger partial charge in [-0.05, 0) is 38.6 Å². The minimum Gasteiger partial charge on any atom is -0.380 e. The van der Waals surface area contributed by atoms with Crippen molar-refractivity contribution in [1.29, 1.82) is 0 Å². The van der Waals surface area contributed by atoms with Gasteiger partial charge < -0.3 is 10.2 Å². The quantitative estimate of drug-likeness (QED) is 0.852. The second-order valence-corrected chi connectivity index (χ2v) is 6.32. The molecule has 0 spiro atoms. The Bertz CT molecular complexity index is 516. The molecule has 1 heterocycles. The Morgan fingerprint density at radius 2 is 2.11 bits per heavy atom. The highest BCUT2D eigenvalue weighted by molar-refractivity contribution is 7.89. The minimum absolute atomic E-state index is 0.165. The number of likely N-dealkylation sites (N-methyl/N-ethyl adjacent to an activating group) is 1. The fraction of sp³-hybridized carbons (Fsp3) is 0.500.